The maximum Gasteiger partial charge on any atom is 0.273 e. The Labute approximate surface area is 111 Å². The topological polar surface area (TPSA) is 50.2 Å². The zero-order valence-electron chi connectivity index (χ0n) is 10.4. The average Bonchev–Trinajstić information content (AvgIpc) is 2.70. The van der Waals surface area contributed by atoms with Gasteiger partial charge in [0.25, 0.3) is 5.91 Å². The third-order valence-electron chi connectivity index (χ3n) is 3.97. The molecule has 5 nitrogen and oxygen atoms in total. The van der Waals surface area contributed by atoms with Gasteiger partial charge in [0.2, 0.25) is 0 Å². The fourth-order valence-electron chi connectivity index (χ4n) is 2.98. The second-order valence-electron chi connectivity index (χ2n) is 5.22. The van der Waals surface area contributed by atoms with E-state index in [1.165, 1.54) is 25.9 Å². The number of nitrogens with zero attached hydrogens (tertiary/aromatic N) is 3. The molecule has 4 heterocycles. The Morgan fingerprint density at radius 2 is 2.22 bits per heavy atom. The number of rotatable bonds is 2. The molecule has 3 aliphatic heterocycles. The first-order valence-corrected chi connectivity index (χ1v) is 6.73. The Morgan fingerprint density at radius 3 is 2.72 bits per heavy atom. The van der Waals surface area contributed by atoms with Crippen LogP contribution >= 0.6 is 11.6 Å². The van der Waals surface area contributed by atoms with Crippen LogP contribution in [0.2, 0.25) is 5.02 Å². The highest BCUT2D eigenvalue weighted by Crippen LogP contribution is 2.27. The quantitative estimate of drug-likeness (QED) is 0.867. The van der Waals surface area contributed by atoms with Gasteiger partial charge < -0.3 is 10.2 Å². The van der Waals surface area contributed by atoms with E-state index in [4.69, 9.17) is 11.6 Å². The van der Waals surface area contributed by atoms with Crippen LogP contribution in [0.15, 0.2) is 6.20 Å². The number of nitrogens with one attached hydrogen (secondary N) is 1. The molecule has 98 valence electrons. The van der Waals surface area contributed by atoms with Crippen LogP contribution in [0, 0.1) is 5.92 Å². The van der Waals surface area contributed by atoms with Crippen molar-refractivity contribution in [2.45, 2.75) is 18.9 Å². The van der Waals surface area contributed by atoms with Gasteiger partial charge >= 0.3 is 0 Å². The lowest BCUT2D eigenvalue weighted by molar-refractivity contribution is 0.0617. The van der Waals surface area contributed by atoms with Crippen LogP contribution in [0.5, 0.6) is 0 Å². The number of fused-ring (bicyclic) bond motifs is 3. The summed E-state index contributed by atoms with van der Waals surface area (Å²) < 4.78 is 1.56. The van der Waals surface area contributed by atoms with Gasteiger partial charge in [0, 0.05) is 25.8 Å². The van der Waals surface area contributed by atoms with Crippen molar-refractivity contribution in [2.24, 2.45) is 13.0 Å². The van der Waals surface area contributed by atoms with Gasteiger partial charge in [-0.3, -0.25) is 9.48 Å². The lowest BCUT2D eigenvalue weighted by Gasteiger charge is -2.44. The van der Waals surface area contributed by atoms with E-state index in [1.807, 2.05) is 0 Å². The first kappa shape index (κ1) is 12.0. The van der Waals surface area contributed by atoms with E-state index in [9.17, 15) is 4.79 Å². The molecule has 1 unspecified atom stereocenters. The van der Waals surface area contributed by atoms with Crippen molar-refractivity contribution in [3.63, 3.8) is 0 Å². The molecule has 3 fully saturated rings. The predicted molar refractivity (Wildman–Crippen MR) is 68.6 cm³/mol. The first-order chi connectivity index (χ1) is 8.63. The Hall–Kier alpha value is -1.07. The average molecular weight is 269 g/mol. The molecule has 1 amide bonds. The fourth-order valence-corrected chi connectivity index (χ4v) is 3.24. The van der Waals surface area contributed by atoms with Crippen LogP contribution in [0.4, 0.5) is 0 Å². The van der Waals surface area contributed by atoms with Gasteiger partial charge in [-0.05, 0) is 31.8 Å². The molecule has 2 bridgehead atoms. The monoisotopic (exact) mass is 268 g/mol. The molecular formula is C12H17ClN4O. The lowest BCUT2D eigenvalue weighted by atomic mass is 9.84. The van der Waals surface area contributed by atoms with Gasteiger partial charge in [-0.25, -0.2) is 0 Å². The summed E-state index contributed by atoms with van der Waals surface area (Å²) in [5.41, 5.74) is 0.329. The van der Waals surface area contributed by atoms with E-state index in [-0.39, 0.29) is 11.9 Å². The number of carbonyl (C=O) groups is 1. The van der Waals surface area contributed by atoms with Crippen LogP contribution in [0.25, 0.3) is 0 Å². The number of hydrogen-bond donors (Lipinski definition) is 1. The molecule has 1 aromatic rings. The van der Waals surface area contributed by atoms with E-state index in [1.54, 1.807) is 17.9 Å². The van der Waals surface area contributed by atoms with Gasteiger partial charge in [0.1, 0.15) is 0 Å². The number of aromatic nitrogens is 2. The molecule has 0 spiro atoms. The van der Waals surface area contributed by atoms with Crippen molar-refractivity contribution in [1.29, 1.82) is 0 Å². The molecule has 6 heteroatoms. The van der Waals surface area contributed by atoms with Crippen LogP contribution in [-0.2, 0) is 7.05 Å². The van der Waals surface area contributed by atoms with E-state index >= 15 is 0 Å². The molecule has 3 saturated heterocycles. The van der Waals surface area contributed by atoms with Crippen LogP contribution in [-0.4, -0.2) is 46.3 Å². The maximum atomic E-state index is 12.1. The molecule has 4 rings (SSSR count). The summed E-state index contributed by atoms with van der Waals surface area (Å²) in [5.74, 6) is 0.459. The molecular weight excluding hydrogens is 252 g/mol. The van der Waals surface area contributed by atoms with Gasteiger partial charge in [-0.2, -0.15) is 5.10 Å². The number of carbonyl (C=O) groups excluding carboxylic acids is 1. The van der Waals surface area contributed by atoms with E-state index < -0.39 is 0 Å². The van der Waals surface area contributed by atoms with Gasteiger partial charge in [0.15, 0.2) is 5.69 Å². The molecule has 0 saturated carbocycles. The lowest BCUT2D eigenvalue weighted by Crippen LogP contribution is -2.57. The molecule has 1 atom stereocenters. The van der Waals surface area contributed by atoms with E-state index in [0.29, 0.717) is 16.6 Å². The number of halogens is 1. The fraction of sp³-hybridized carbons (Fsp3) is 0.667. The van der Waals surface area contributed by atoms with Gasteiger partial charge in [0.05, 0.1) is 5.02 Å². The molecule has 0 aliphatic carbocycles. The van der Waals surface area contributed by atoms with Crippen molar-refractivity contribution in [2.75, 3.05) is 19.6 Å². The van der Waals surface area contributed by atoms with Gasteiger partial charge in [-0.15, -0.1) is 0 Å². The summed E-state index contributed by atoms with van der Waals surface area (Å²) in [6, 6.07) is 0.248. The van der Waals surface area contributed by atoms with Crippen LogP contribution in [0.3, 0.4) is 0 Å². The summed E-state index contributed by atoms with van der Waals surface area (Å²) in [7, 11) is 1.76. The van der Waals surface area contributed by atoms with Gasteiger partial charge in [-0.1, -0.05) is 11.6 Å². The standard InChI is InChI=1S/C12H17ClN4O/c1-16-6-9(13)11(15-16)12(18)14-10-7-17-4-2-8(10)3-5-17/h6,8,10H,2-5,7H2,1H3,(H,14,18). The molecule has 0 aromatic carbocycles. The third-order valence-corrected chi connectivity index (χ3v) is 4.25. The Kier molecular flexibility index (Phi) is 3.03. The van der Waals surface area contributed by atoms with Crippen LogP contribution < -0.4 is 5.32 Å². The Bertz CT molecular complexity index is 465. The second kappa shape index (κ2) is 4.55. The largest absolute Gasteiger partial charge is 0.346 e. The molecule has 1 N–H and O–H groups in total. The smallest absolute Gasteiger partial charge is 0.273 e. The Morgan fingerprint density at radius 1 is 1.50 bits per heavy atom. The highest BCUT2D eigenvalue weighted by Gasteiger charge is 2.35. The number of amides is 1. The zero-order valence-corrected chi connectivity index (χ0v) is 11.2. The minimum Gasteiger partial charge on any atom is -0.346 e. The third kappa shape index (κ3) is 2.12. The Balaban J connectivity index is 1.69. The molecule has 18 heavy (non-hydrogen) atoms. The first-order valence-electron chi connectivity index (χ1n) is 6.36. The summed E-state index contributed by atoms with van der Waals surface area (Å²) in [6.07, 6.45) is 4.01. The molecule has 1 aromatic heterocycles. The summed E-state index contributed by atoms with van der Waals surface area (Å²) in [5, 5.41) is 7.59. The summed E-state index contributed by atoms with van der Waals surface area (Å²) >= 11 is 5.98. The number of aryl methyl sites for hydroxylation is 1. The normalized spacial score (nSPS) is 30.4. The zero-order chi connectivity index (χ0) is 12.7. The predicted octanol–water partition coefficient (Wildman–Crippen LogP) is 0.897. The highest BCUT2D eigenvalue weighted by atomic mass is 35.5. The minimum atomic E-state index is -0.153. The molecule has 0 radical (unpaired) electrons. The van der Waals surface area contributed by atoms with E-state index in [0.717, 1.165) is 6.54 Å². The highest BCUT2D eigenvalue weighted by molar-refractivity contribution is 6.33. The van der Waals surface area contributed by atoms with Crippen LogP contribution in [0.1, 0.15) is 23.3 Å². The minimum absolute atomic E-state index is 0.153. The van der Waals surface area contributed by atoms with Crippen molar-refractivity contribution in [3.05, 3.63) is 16.9 Å². The number of hydrogen-bond acceptors (Lipinski definition) is 3. The van der Waals surface area contributed by atoms with Crippen molar-refractivity contribution in [3.8, 4) is 0 Å². The number of piperidine rings is 3. The SMILES string of the molecule is Cn1cc(Cl)c(C(=O)NC2CN3CCC2CC3)n1. The maximum absolute atomic E-state index is 12.1. The molecule has 3 aliphatic rings. The van der Waals surface area contributed by atoms with Crippen molar-refractivity contribution >= 4 is 17.5 Å². The summed E-state index contributed by atoms with van der Waals surface area (Å²) in [4.78, 5) is 14.5. The van der Waals surface area contributed by atoms with Crippen molar-refractivity contribution < 1.29 is 4.79 Å². The second-order valence-corrected chi connectivity index (χ2v) is 5.62. The summed E-state index contributed by atoms with van der Waals surface area (Å²) in [6.45, 7) is 3.30. The van der Waals surface area contributed by atoms with Crippen molar-refractivity contribution in [1.82, 2.24) is 20.0 Å². The van der Waals surface area contributed by atoms with E-state index in [2.05, 4.69) is 15.3 Å².